The molecule has 0 bridgehead atoms. The summed E-state index contributed by atoms with van der Waals surface area (Å²) in [5.41, 5.74) is 0. The van der Waals surface area contributed by atoms with Gasteiger partial charge in [0.15, 0.2) is 6.10 Å². The molecular formula is C80H152NO8P. The number of hydrogen-bond acceptors (Lipinski definition) is 8. The van der Waals surface area contributed by atoms with Crippen LogP contribution in [-0.4, -0.2) is 70.0 Å². The van der Waals surface area contributed by atoms with Crippen molar-refractivity contribution in [3.05, 3.63) is 48.6 Å². The van der Waals surface area contributed by atoms with E-state index < -0.39 is 26.5 Å². The molecule has 0 heterocycles. The van der Waals surface area contributed by atoms with Crippen LogP contribution in [0.5, 0.6) is 0 Å². The van der Waals surface area contributed by atoms with Gasteiger partial charge < -0.3 is 27.9 Å². The van der Waals surface area contributed by atoms with Gasteiger partial charge >= 0.3 is 11.9 Å². The maximum Gasteiger partial charge on any atom is 0.306 e. The summed E-state index contributed by atoms with van der Waals surface area (Å²) < 4.78 is 34.4. The van der Waals surface area contributed by atoms with Crippen LogP contribution in [0.4, 0.5) is 0 Å². The number of esters is 2. The summed E-state index contributed by atoms with van der Waals surface area (Å²) in [6, 6.07) is 0. The van der Waals surface area contributed by atoms with Crippen LogP contribution in [-0.2, 0) is 32.7 Å². The van der Waals surface area contributed by atoms with Gasteiger partial charge in [-0.2, -0.15) is 0 Å². The first-order valence-corrected chi connectivity index (χ1v) is 40.8. The van der Waals surface area contributed by atoms with E-state index in [1.165, 1.54) is 308 Å². The van der Waals surface area contributed by atoms with Crippen molar-refractivity contribution < 1.29 is 42.1 Å². The van der Waals surface area contributed by atoms with Gasteiger partial charge in [0.2, 0.25) is 0 Å². The topological polar surface area (TPSA) is 111 Å². The summed E-state index contributed by atoms with van der Waals surface area (Å²) in [4.78, 5) is 38.2. The molecule has 0 amide bonds. The van der Waals surface area contributed by atoms with Crippen molar-refractivity contribution in [1.29, 1.82) is 0 Å². The summed E-state index contributed by atoms with van der Waals surface area (Å²) in [5.74, 6) is -0.810. The molecular weight excluding hydrogens is 1130 g/mol. The quantitative estimate of drug-likeness (QED) is 0.0195. The van der Waals surface area contributed by atoms with Gasteiger partial charge in [-0.3, -0.25) is 14.2 Å². The van der Waals surface area contributed by atoms with Crippen molar-refractivity contribution in [1.82, 2.24) is 0 Å². The van der Waals surface area contributed by atoms with Crippen LogP contribution in [0.1, 0.15) is 399 Å². The van der Waals surface area contributed by atoms with E-state index in [0.717, 1.165) is 57.8 Å². The monoisotopic (exact) mass is 1290 g/mol. The summed E-state index contributed by atoms with van der Waals surface area (Å²) >= 11 is 0. The molecule has 2 atom stereocenters. The first kappa shape index (κ1) is 88.0. The van der Waals surface area contributed by atoms with E-state index >= 15 is 0 Å². The number of likely N-dealkylation sites (N-methyl/N-ethyl adjacent to an activating group) is 1. The minimum atomic E-state index is -4.64. The first-order chi connectivity index (χ1) is 44.0. The number of carbonyl (C=O) groups excluding carboxylic acids is 2. The molecule has 0 fully saturated rings. The second-order valence-corrected chi connectivity index (χ2v) is 29.5. The van der Waals surface area contributed by atoms with Crippen molar-refractivity contribution in [2.45, 2.75) is 405 Å². The largest absolute Gasteiger partial charge is 0.756 e. The normalized spacial score (nSPS) is 13.3. The number of phosphoric acid groups is 1. The highest BCUT2D eigenvalue weighted by Crippen LogP contribution is 2.38. The SMILES string of the molecule is CC/C=C\C/C=C\C/C=C\C/C=C\CCCCCCCCCCCCCCCCCCCCC(=O)OC(COC(=O)CCCCCCCCCCCCCCCCCCCCCCCCCCCCCCCCCCCCC)COP(=O)([O-])OCC[N+](C)(C)C. The van der Waals surface area contributed by atoms with E-state index in [9.17, 15) is 19.0 Å². The Morgan fingerprint density at radius 3 is 0.944 bits per heavy atom. The van der Waals surface area contributed by atoms with Gasteiger partial charge in [0.05, 0.1) is 27.7 Å². The standard InChI is InChI=1S/C80H152NO8P/c1-6-8-10-12-14-16-18-20-22-24-26-28-30-32-34-36-38-39-40-41-43-44-46-48-50-52-54-56-58-60-62-64-66-68-70-72-79(82)86-76-78(77-88-90(84,85)87-75-74-81(3,4)5)89-80(83)73-71-69-67-65-63-61-59-57-55-53-51-49-47-45-42-37-35-33-31-29-27-25-23-21-19-17-15-13-11-9-7-2/h9,11,15,17,21,23,27,29,78H,6-8,10,12-14,16,18-20,22,24-26,28,30-77H2,1-5H3/b11-9-,17-15-,23-21-,29-27-. The Labute approximate surface area is 560 Å². The van der Waals surface area contributed by atoms with E-state index in [-0.39, 0.29) is 32.0 Å². The Hall–Kier alpha value is -2.03. The maximum atomic E-state index is 12.9. The van der Waals surface area contributed by atoms with E-state index in [1.807, 2.05) is 21.1 Å². The van der Waals surface area contributed by atoms with Crippen molar-refractivity contribution in [2.24, 2.45) is 0 Å². The summed E-state index contributed by atoms with van der Waals surface area (Å²) in [5, 5.41) is 0. The molecule has 10 heteroatoms. The van der Waals surface area contributed by atoms with Gasteiger partial charge in [-0.05, 0) is 51.4 Å². The summed E-state index contributed by atoms with van der Waals surface area (Å²) in [7, 11) is 1.19. The van der Waals surface area contributed by atoms with E-state index in [1.54, 1.807) is 0 Å². The fourth-order valence-corrected chi connectivity index (χ4v) is 12.6. The summed E-state index contributed by atoms with van der Waals surface area (Å²) in [6.45, 7) is 4.21. The Bertz CT molecular complexity index is 1660. The lowest BCUT2D eigenvalue weighted by Gasteiger charge is -2.28. The molecule has 0 aliphatic rings. The number of rotatable bonds is 74. The highest BCUT2D eigenvalue weighted by atomic mass is 31.2. The molecule has 0 aromatic heterocycles. The molecule has 0 N–H and O–H groups in total. The Balaban J connectivity index is 3.91. The van der Waals surface area contributed by atoms with Gasteiger partial charge in [-0.15, -0.1) is 0 Å². The minimum absolute atomic E-state index is 0.0282. The molecule has 9 nitrogen and oxygen atoms in total. The first-order valence-electron chi connectivity index (χ1n) is 39.3. The van der Waals surface area contributed by atoms with Crippen LogP contribution >= 0.6 is 7.82 Å². The molecule has 0 saturated heterocycles. The van der Waals surface area contributed by atoms with Crippen LogP contribution in [0.3, 0.4) is 0 Å². The van der Waals surface area contributed by atoms with Gasteiger partial charge in [0, 0.05) is 12.8 Å². The Kier molecular flexibility index (Phi) is 69.7. The number of allylic oxidation sites excluding steroid dienone is 8. The van der Waals surface area contributed by atoms with Gasteiger partial charge in [0.1, 0.15) is 19.8 Å². The van der Waals surface area contributed by atoms with Crippen molar-refractivity contribution >= 4 is 19.8 Å². The van der Waals surface area contributed by atoms with Crippen LogP contribution < -0.4 is 4.89 Å². The van der Waals surface area contributed by atoms with Crippen LogP contribution in [0.15, 0.2) is 48.6 Å². The van der Waals surface area contributed by atoms with Gasteiger partial charge in [-0.1, -0.05) is 383 Å². The number of nitrogens with zero attached hydrogens (tertiary/aromatic N) is 1. The van der Waals surface area contributed by atoms with Crippen molar-refractivity contribution in [2.75, 3.05) is 47.5 Å². The van der Waals surface area contributed by atoms with Crippen molar-refractivity contribution in [3.63, 3.8) is 0 Å². The number of carbonyl (C=O) groups is 2. The molecule has 0 aromatic carbocycles. The average Bonchev–Trinajstić information content (AvgIpc) is 3.58. The second-order valence-electron chi connectivity index (χ2n) is 28.1. The fourth-order valence-electron chi connectivity index (χ4n) is 11.9. The van der Waals surface area contributed by atoms with Crippen LogP contribution in [0.25, 0.3) is 0 Å². The molecule has 0 aromatic rings. The third kappa shape index (κ3) is 75.0. The lowest BCUT2D eigenvalue weighted by molar-refractivity contribution is -0.870. The highest BCUT2D eigenvalue weighted by Gasteiger charge is 2.22. The number of hydrogen-bond donors (Lipinski definition) is 0. The van der Waals surface area contributed by atoms with Crippen molar-refractivity contribution in [3.8, 4) is 0 Å². The lowest BCUT2D eigenvalue weighted by atomic mass is 10.0. The molecule has 0 aliphatic carbocycles. The predicted molar refractivity (Wildman–Crippen MR) is 388 cm³/mol. The molecule has 0 saturated carbocycles. The number of unbranched alkanes of at least 4 members (excludes halogenated alkanes) is 52. The highest BCUT2D eigenvalue weighted by molar-refractivity contribution is 7.45. The third-order valence-electron chi connectivity index (χ3n) is 17.9. The molecule has 90 heavy (non-hydrogen) atoms. The maximum absolute atomic E-state index is 12.9. The third-order valence-corrected chi connectivity index (χ3v) is 18.8. The zero-order valence-electron chi connectivity index (χ0n) is 60.6. The predicted octanol–water partition coefficient (Wildman–Crippen LogP) is 25.3. The lowest BCUT2D eigenvalue weighted by Crippen LogP contribution is -2.37. The number of quaternary nitrogens is 1. The molecule has 530 valence electrons. The Morgan fingerprint density at radius 2 is 0.633 bits per heavy atom. The molecule has 0 rings (SSSR count). The minimum Gasteiger partial charge on any atom is -0.756 e. The number of ether oxygens (including phenoxy) is 2. The van der Waals surface area contributed by atoms with Gasteiger partial charge in [0.25, 0.3) is 7.82 Å². The zero-order chi connectivity index (χ0) is 65.5. The van der Waals surface area contributed by atoms with Gasteiger partial charge in [-0.25, -0.2) is 0 Å². The second kappa shape index (κ2) is 71.3. The van der Waals surface area contributed by atoms with Crippen LogP contribution in [0, 0.1) is 0 Å². The smallest absolute Gasteiger partial charge is 0.306 e. The van der Waals surface area contributed by atoms with E-state index in [4.69, 9.17) is 18.5 Å². The molecule has 0 radical (unpaired) electrons. The number of phosphoric ester groups is 1. The zero-order valence-corrected chi connectivity index (χ0v) is 61.5. The average molecular weight is 1290 g/mol. The molecule has 0 spiro atoms. The Morgan fingerprint density at radius 1 is 0.356 bits per heavy atom. The molecule has 2 unspecified atom stereocenters. The van der Waals surface area contributed by atoms with Crippen LogP contribution in [0.2, 0.25) is 0 Å². The van der Waals surface area contributed by atoms with E-state index in [2.05, 4.69) is 62.5 Å². The van der Waals surface area contributed by atoms with E-state index in [0.29, 0.717) is 17.4 Å². The fraction of sp³-hybridized carbons (Fsp3) is 0.875. The molecule has 0 aliphatic heterocycles. The summed E-state index contributed by atoms with van der Waals surface area (Å²) in [6.07, 6.45) is 93.8.